The number of nitrogens with one attached hydrogen (secondary N) is 3. The van der Waals surface area contributed by atoms with Gasteiger partial charge in [-0.3, -0.25) is 15.0 Å². The Labute approximate surface area is 163 Å². The van der Waals surface area contributed by atoms with Crippen LogP contribution in [0.15, 0.2) is 36.7 Å². The molecule has 0 aliphatic rings. The van der Waals surface area contributed by atoms with Gasteiger partial charge in [0.25, 0.3) is 5.91 Å². The average Bonchev–Trinajstić information content (AvgIpc) is 3.09. The van der Waals surface area contributed by atoms with Gasteiger partial charge in [-0.05, 0) is 26.8 Å². The Morgan fingerprint density at radius 1 is 1.25 bits per heavy atom. The van der Waals surface area contributed by atoms with Crippen molar-refractivity contribution in [3.8, 4) is 11.3 Å². The molecule has 0 saturated carbocycles. The zero-order chi connectivity index (χ0) is 20.5. The summed E-state index contributed by atoms with van der Waals surface area (Å²) in [5.41, 5.74) is 2.85. The molecule has 0 fully saturated rings. The molecule has 2 aromatic heterocycles. The lowest BCUT2D eigenvalue weighted by atomic mass is 10.0. The molecule has 2 heterocycles. The molecule has 1 amide bonds. The first-order valence-electron chi connectivity index (χ1n) is 9.09. The standard InChI is InChI=1S/C21H23N5O2/c1-5-16(27)17(22)13-8-6-7-12(9-13)15-11-24-19-18(25-15)14(10-23-19)20(28)26-21(2,3)4/h6-11,22H,5H2,1-4H3,(H,23,24)(H,26,28). The van der Waals surface area contributed by atoms with Gasteiger partial charge in [0.2, 0.25) is 0 Å². The van der Waals surface area contributed by atoms with Crippen LogP contribution in [-0.4, -0.2) is 37.9 Å². The number of ketones is 1. The van der Waals surface area contributed by atoms with E-state index in [0.717, 1.165) is 5.56 Å². The molecule has 144 valence electrons. The van der Waals surface area contributed by atoms with E-state index in [1.165, 1.54) is 0 Å². The molecule has 0 bridgehead atoms. The molecular weight excluding hydrogens is 354 g/mol. The quantitative estimate of drug-likeness (QED) is 0.591. The molecule has 0 radical (unpaired) electrons. The Morgan fingerprint density at radius 2 is 2.00 bits per heavy atom. The lowest BCUT2D eigenvalue weighted by molar-refractivity contribution is -0.112. The van der Waals surface area contributed by atoms with Gasteiger partial charge in [0.05, 0.1) is 17.5 Å². The molecule has 0 unspecified atom stereocenters. The van der Waals surface area contributed by atoms with E-state index in [1.807, 2.05) is 26.8 Å². The van der Waals surface area contributed by atoms with Crippen molar-refractivity contribution < 1.29 is 9.59 Å². The van der Waals surface area contributed by atoms with E-state index >= 15 is 0 Å². The van der Waals surface area contributed by atoms with Crippen molar-refractivity contribution in [3.05, 3.63) is 47.8 Å². The van der Waals surface area contributed by atoms with E-state index in [0.29, 0.717) is 28.0 Å². The molecule has 1 aromatic carbocycles. The topological polar surface area (TPSA) is 112 Å². The number of hydrogen-bond acceptors (Lipinski definition) is 5. The van der Waals surface area contributed by atoms with Crippen LogP contribution in [0.2, 0.25) is 0 Å². The van der Waals surface area contributed by atoms with Crippen molar-refractivity contribution in [2.45, 2.75) is 39.7 Å². The lowest BCUT2D eigenvalue weighted by Crippen LogP contribution is -2.40. The monoisotopic (exact) mass is 377 g/mol. The first-order valence-corrected chi connectivity index (χ1v) is 9.09. The van der Waals surface area contributed by atoms with Gasteiger partial charge < -0.3 is 10.3 Å². The normalized spacial score (nSPS) is 11.4. The third kappa shape index (κ3) is 3.98. The second-order valence-electron chi connectivity index (χ2n) is 7.59. The van der Waals surface area contributed by atoms with Gasteiger partial charge in [-0.15, -0.1) is 0 Å². The maximum absolute atomic E-state index is 12.6. The number of Topliss-reactive ketones (excluding diaryl/α,β-unsaturated/α-hetero) is 1. The number of carbonyl (C=O) groups excluding carboxylic acids is 2. The number of aromatic nitrogens is 3. The van der Waals surface area contributed by atoms with Crippen LogP contribution in [0.5, 0.6) is 0 Å². The highest BCUT2D eigenvalue weighted by Crippen LogP contribution is 2.22. The van der Waals surface area contributed by atoms with E-state index < -0.39 is 0 Å². The number of aromatic amines is 1. The summed E-state index contributed by atoms with van der Waals surface area (Å²) in [7, 11) is 0. The smallest absolute Gasteiger partial charge is 0.255 e. The maximum Gasteiger partial charge on any atom is 0.255 e. The van der Waals surface area contributed by atoms with Gasteiger partial charge in [0.1, 0.15) is 11.2 Å². The third-order valence-corrected chi connectivity index (χ3v) is 4.16. The van der Waals surface area contributed by atoms with Gasteiger partial charge >= 0.3 is 0 Å². The van der Waals surface area contributed by atoms with Crippen LogP contribution in [0, 0.1) is 5.41 Å². The summed E-state index contributed by atoms with van der Waals surface area (Å²) in [5.74, 6) is -0.445. The van der Waals surface area contributed by atoms with Gasteiger partial charge in [0, 0.05) is 29.3 Å². The van der Waals surface area contributed by atoms with Crippen molar-refractivity contribution in [3.63, 3.8) is 0 Å². The first kappa shape index (κ1) is 19.4. The summed E-state index contributed by atoms with van der Waals surface area (Å²) in [5, 5.41) is 11.0. The fraction of sp³-hybridized carbons (Fsp3) is 0.286. The molecule has 7 nitrogen and oxygen atoms in total. The Bertz CT molecular complexity index is 1080. The molecule has 7 heteroatoms. The van der Waals surface area contributed by atoms with Crippen LogP contribution >= 0.6 is 0 Å². The molecule has 0 spiro atoms. The molecule has 0 aliphatic heterocycles. The number of amides is 1. The molecule has 3 rings (SSSR count). The van der Waals surface area contributed by atoms with Gasteiger partial charge in [0.15, 0.2) is 11.4 Å². The van der Waals surface area contributed by atoms with Crippen LogP contribution in [-0.2, 0) is 4.79 Å². The highest BCUT2D eigenvalue weighted by atomic mass is 16.2. The van der Waals surface area contributed by atoms with E-state index in [4.69, 9.17) is 5.41 Å². The third-order valence-electron chi connectivity index (χ3n) is 4.16. The van der Waals surface area contributed by atoms with Crippen LogP contribution < -0.4 is 5.32 Å². The van der Waals surface area contributed by atoms with Gasteiger partial charge in [-0.2, -0.15) is 0 Å². The lowest BCUT2D eigenvalue weighted by Gasteiger charge is -2.20. The van der Waals surface area contributed by atoms with Crippen LogP contribution in [0.1, 0.15) is 50.0 Å². The van der Waals surface area contributed by atoms with Crippen molar-refractivity contribution >= 4 is 28.6 Å². The second kappa shape index (κ2) is 7.34. The SMILES string of the molecule is CCC(=O)C(=N)c1cccc(-c2cnc3[nH]cc(C(=O)NC(C)(C)C)c3n2)c1. The number of nitrogens with zero attached hydrogens (tertiary/aromatic N) is 2. The van der Waals surface area contributed by atoms with E-state index in [1.54, 1.807) is 37.5 Å². The number of rotatable bonds is 5. The van der Waals surface area contributed by atoms with E-state index in [2.05, 4.69) is 20.3 Å². The number of hydrogen-bond donors (Lipinski definition) is 3. The zero-order valence-electron chi connectivity index (χ0n) is 16.4. The minimum Gasteiger partial charge on any atom is -0.347 e. The summed E-state index contributed by atoms with van der Waals surface area (Å²) in [4.78, 5) is 36.4. The highest BCUT2D eigenvalue weighted by Gasteiger charge is 2.20. The summed E-state index contributed by atoms with van der Waals surface area (Å²) in [6, 6.07) is 7.08. The fourth-order valence-corrected chi connectivity index (χ4v) is 2.78. The molecule has 0 atom stereocenters. The molecular formula is C21H23N5O2. The Kier molecular flexibility index (Phi) is 5.09. The number of fused-ring (bicyclic) bond motifs is 1. The molecule has 0 aliphatic carbocycles. The fourth-order valence-electron chi connectivity index (χ4n) is 2.78. The van der Waals surface area contributed by atoms with E-state index in [9.17, 15) is 9.59 Å². The molecule has 0 saturated heterocycles. The zero-order valence-corrected chi connectivity index (χ0v) is 16.4. The number of carbonyl (C=O) groups is 2. The highest BCUT2D eigenvalue weighted by molar-refractivity contribution is 6.44. The summed E-state index contributed by atoms with van der Waals surface area (Å²) >= 11 is 0. The Hall–Kier alpha value is -3.35. The van der Waals surface area contributed by atoms with Crippen molar-refractivity contribution in [1.82, 2.24) is 20.3 Å². The minimum absolute atomic E-state index is 0.0229. The second-order valence-corrected chi connectivity index (χ2v) is 7.59. The van der Waals surface area contributed by atoms with Gasteiger partial charge in [-0.25, -0.2) is 9.97 Å². The summed E-state index contributed by atoms with van der Waals surface area (Å²) in [6.07, 6.45) is 3.49. The largest absolute Gasteiger partial charge is 0.347 e. The van der Waals surface area contributed by atoms with Crippen LogP contribution in [0.25, 0.3) is 22.4 Å². The molecule has 28 heavy (non-hydrogen) atoms. The van der Waals surface area contributed by atoms with E-state index in [-0.39, 0.29) is 29.4 Å². The molecule has 3 N–H and O–H groups in total. The Balaban J connectivity index is 2.01. The Morgan fingerprint density at radius 3 is 2.68 bits per heavy atom. The minimum atomic E-state index is -0.369. The average molecular weight is 377 g/mol. The van der Waals surface area contributed by atoms with Crippen molar-refractivity contribution in [2.75, 3.05) is 0 Å². The maximum atomic E-state index is 12.6. The predicted octanol–water partition coefficient (Wildman–Crippen LogP) is 3.50. The first-order chi connectivity index (χ1) is 13.2. The molecule has 3 aromatic rings. The van der Waals surface area contributed by atoms with Crippen molar-refractivity contribution in [1.29, 1.82) is 5.41 Å². The van der Waals surface area contributed by atoms with Crippen molar-refractivity contribution in [2.24, 2.45) is 0 Å². The van der Waals surface area contributed by atoms with Gasteiger partial charge in [-0.1, -0.05) is 25.1 Å². The summed E-state index contributed by atoms with van der Waals surface area (Å²) in [6.45, 7) is 7.47. The van der Waals surface area contributed by atoms with Crippen LogP contribution in [0.3, 0.4) is 0 Å². The number of H-pyrrole nitrogens is 1. The van der Waals surface area contributed by atoms with Crippen LogP contribution in [0.4, 0.5) is 0 Å². The predicted molar refractivity (Wildman–Crippen MR) is 109 cm³/mol. The number of benzene rings is 1. The summed E-state index contributed by atoms with van der Waals surface area (Å²) < 4.78 is 0.